The Kier molecular flexibility index (Phi) is 6.53. The number of nitrogens with one attached hydrogen (secondary N) is 1. The number of nitrogens with zero attached hydrogens (tertiary/aromatic N) is 3. The fourth-order valence-corrected chi connectivity index (χ4v) is 6.74. The van der Waals surface area contributed by atoms with Crippen molar-refractivity contribution in [2.45, 2.75) is 63.3 Å². The average Bonchev–Trinajstić information content (AvgIpc) is 3.56. The van der Waals surface area contributed by atoms with Crippen molar-refractivity contribution < 1.29 is 27.8 Å². The number of aliphatic carboxylic acids is 1. The maximum absolute atomic E-state index is 13.0. The summed E-state index contributed by atoms with van der Waals surface area (Å²) in [5.74, 6) is 2.23. The van der Waals surface area contributed by atoms with Gasteiger partial charge in [0.25, 0.3) is 0 Å². The monoisotopic (exact) mass is 528 g/mol. The lowest BCUT2D eigenvalue weighted by Gasteiger charge is -2.34. The van der Waals surface area contributed by atoms with Crippen molar-refractivity contribution in [3.8, 4) is 11.4 Å². The number of halogens is 3. The Balaban J connectivity index is 1.01. The molecule has 7 nitrogen and oxygen atoms in total. The summed E-state index contributed by atoms with van der Waals surface area (Å²) in [7, 11) is 0. The standard InChI is InChI=1S/C28H31F3N4O3/c29-28(30,31)20-2-3-23-24(14-20)34-27(33-23)17-1-4-25(32-15-17)35-7-5-21(6-8-35)38-22-12-18-9-16(11-26(36)37)10-19(18)13-22/h1-4,14-16,18-19,21-22H,5-13H2,(H,33,34)(H,36,37)/t16?,18-,19+,22?. The number of aromatic amines is 1. The van der Waals surface area contributed by atoms with Gasteiger partial charge in [-0.05, 0) is 86.6 Å². The maximum Gasteiger partial charge on any atom is 0.416 e. The van der Waals surface area contributed by atoms with Gasteiger partial charge in [-0.15, -0.1) is 0 Å². The lowest BCUT2D eigenvalue weighted by atomic mass is 9.99. The van der Waals surface area contributed by atoms with E-state index in [4.69, 9.17) is 9.84 Å². The number of pyridine rings is 1. The smallest absolute Gasteiger partial charge is 0.416 e. The third kappa shape index (κ3) is 5.23. The van der Waals surface area contributed by atoms with Crippen molar-refractivity contribution in [1.82, 2.24) is 15.0 Å². The highest BCUT2D eigenvalue weighted by Crippen LogP contribution is 2.49. The summed E-state index contributed by atoms with van der Waals surface area (Å²) in [6.45, 7) is 1.70. The summed E-state index contributed by atoms with van der Waals surface area (Å²) in [6, 6.07) is 7.31. The molecule has 202 valence electrons. The topological polar surface area (TPSA) is 91.3 Å². The molecule has 2 N–H and O–H groups in total. The molecule has 2 aromatic heterocycles. The third-order valence-corrected chi connectivity index (χ3v) is 8.51. The average molecular weight is 529 g/mol. The predicted octanol–water partition coefficient (Wildman–Crippen LogP) is 5.91. The normalized spacial score (nSPS) is 26.2. The second kappa shape index (κ2) is 9.87. The molecule has 38 heavy (non-hydrogen) atoms. The highest BCUT2D eigenvalue weighted by atomic mass is 19.4. The van der Waals surface area contributed by atoms with Crippen molar-refractivity contribution in [3.05, 3.63) is 42.1 Å². The number of hydrogen-bond donors (Lipinski definition) is 2. The van der Waals surface area contributed by atoms with Gasteiger partial charge in [-0.2, -0.15) is 13.2 Å². The number of fused-ring (bicyclic) bond motifs is 2. The van der Waals surface area contributed by atoms with Crippen LogP contribution in [-0.4, -0.2) is 51.3 Å². The van der Waals surface area contributed by atoms with E-state index in [9.17, 15) is 18.0 Å². The minimum atomic E-state index is -4.40. The summed E-state index contributed by atoms with van der Waals surface area (Å²) in [5, 5.41) is 9.06. The molecule has 3 heterocycles. The van der Waals surface area contributed by atoms with Gasteiger partial charge in [-0.25, -0.2) is 9.97 Å². The van der Waals surface area contributed by atoms with E-state index in [1.807, 2.05) is 12.1 Å². The zero-order valence-electron chi connectivity index (χ0n) is 21.0. The van der Waals surface area contributed by atoms with Gasteiger partial charge in [-0.1, -0.05) is 0 Å². The molecule has 3 aliphatic rings. The van der Waals surface area contributed by atoms with E-state index in [2.05, 4.69) is 19.9 Å². The molecular weight excluding hydrogens is 497 g/mol. The minimum absolute atomic E-state index is 0.237. The number of rotatable bonds is 6. The fraction of sp³-hybridized carbons (Fsp3) is 0.536. The van der Waals surface area contributed by atoms with E-state index in [1.165, 1.54) is 6.07 Å². The number of hydrogen-bond acceptors (Lipinski definition) is 5. The molecule has 1 aromatic carbocycles. The quantitative estimate of drug-likeness (QED) is 0.414. The van der Waals surface area contributed by atoms with E-state index < -0.39 is 17.7 Å². The van der Waals surface area contributed by atoms with Crippen LogP contribution in [0.3, 0.4) is 0 Å². The van der Waals surface area contributed by atoms with Gasteiger partial charge in [0.05, 0.1) is 28.8 Å². The predicted molar refractivity (Wildman–Crippen MR) is 136 cm³/mol. The van der Waals surface area contributed by atoms with Crippen LogP contribution in [0.25, 0.3) is 22.4 Å². The minimum Gasteiger partial charge on any atom is -0.481 e. The van der Waals surface area contributed by atoms with Crippen LogP contribution in [-0.2, 0) is 15.7 Å². The first kappa shape index (κ1) is 25.2. The number of imidazole rings is 1. The van der Waals surface area contributed by atoms with Gasteiger partial charge >= 0.3 is 12.1 Å². The molecule has 0 spiro atoms. The van der Waals surface area contributed by atoms with Gasteiger partial charge in [0.1, 0.15) is 11.6 Å². The van der Waals surface area contributed by atoms with Gasteiger partial charge < -0.3 is 19.7 Å². The number of carboxylic acid groups (broad SMARTS) is 1. The molecule has 0 amide bonds. The lowest BCUT2D eigenvalue weighted by Crippen LogP contribution is -2.38. The van der Waals surface area contributed by atoms with Crippen molar-refractivity contribution in [2.75, 3.05) is 18.0 Å². The lowest BCUT2D eigenvalue weighted by molar-refractivity contribution is -0.138. The Morgan fingerprint density at radius 3 is 2.42 bits per heavy atom. The first-order chi connectivity index (χ1) is 18.2. The summed E-state index contributed by atoms with van der Waals surface area (Å²) < 4.78 is 45.5. The molecule has 4 atom stereocenters. The van der Waals surface area contributed by atoms with Crippen LogP contribution in [0.1, 0.15) is 50.5 Å². The molecule has 2 aliphatic carbocycles. The molecule has 1 aliphatic heterocycles. The number of carboxylic acids is 1. The first-order valence-corrected chi connectivity index (χ1v) is 13.4. The van der Waals surface area contributed by atoms with Crippen LogP contribution in [0.4, 0.5) is 19.0 Å². The molecule has 0 bridgehead atoms. The van der Waals surface area contributed by atoms with Crippen molar-refractivity contribution in [1.29, 1.82) is 0 Å². The Morgan fingerprint density at radius 1 is 1.05 bits per heavy atom. The molecule has 0 radical (unpaired) electrons. The summed E-state index contributed by atoms with van der Waals surface area (Å²) in [5.41, 5.74) is 0.826. The van der Waals surface area contributed by atoms with E-state index in [1.54, 1.807) is 6.20 Å². The number of alkyl halides is 3. The summed E-state index contributed by atoms with van der Waals surface area (Å²) in [4.78, 5) is 25.3. The SMILES string of the molecule is O=C(O)CC1C[C@@H]2CC(OC3CCN(c4ccc(-c5nc6ccc(C(F)(F)F)cc6[nH]5)cn4)CC3)C[C@@H]2C1. The molecule has 1 saturated heterocycles. The molecule has 3 aromatic rings. The fourth-order valence-electron chi connectivity index (χ4n) is 6.74. The summed E-state index contributed by atoms with van der Waals surface area (Å²) in [6.07, 6.45) is 4.17. The number of benzene rings is 1. The van der Waals surface area contributed by atoms with Crippen molar-refractivity contribution in [3.63, 3.8) is 0 Å². The van der Waals surface area contributed by atoms with Crippen LogP contribution >= 0.6 is 0 Å². The molecular formula is C28H31F3N4O3. The van der Waals surface area contributed by atoms with Crippen LogP contribution in [0.5, 0.6) is 0 Å². The Labute approximate surface area is 218 Å². The zero-order valence-corrected chi connectivity index (χ0v) is 21.0. The number of aromatic nitrogens is 3. The van der Waals surface area contributed by atoms with E-state index in [0.29, 0.717) is 52.7 Å². The number of anilines is 1. The first-order valence-electron chi connectivity index (χ1n) is 13.4. The number of carbonyl (C=O) groups is 1. The maximum atomic E-state index is 13.0. The highest BCUT2D eigenvalue weighted by Gasteiger charge is 2.43. The van der Waals surface area contributed by atoms with Crippen molar-refractivity contribution in [2.24, 2.45) is 17.8 Å². The largest absolute Gasteiger partial charge is 0.481 e. The second-order valence-electron chi connectivity index (χ2n) is 11.1. The third-order valence-electron chi connectivity index (χ3n) is 8.51. The molecule has 6 rings (SSSR count). The van der Waals surface area contributed by atoms with Gasteiger partial charge in [0.2, 0.25) is 0 Å². The summed E-state index contributed by atoms with van der Waals surface area (Å²) >= 11 is 0. The Bertz CT molecular complexity index is 1290. The van der Waals surface area contributed by atoms with E-state index in [-0.39, 0.29) is 6.10 Å². The van der Waals surface area contributed by atoms with Crippen LogP contribution in [0.15, 0.2) is 36.5 Å². The second-order valence-corrected chi connectivity index (χ2v) is 11.1. The van der Waals surface area contributed by atoms with Crippen LogP contribution < -0.4 is 4.90 Å². The molecule has 10 heteroatoms. The number of H-pyrrole nitrogens is 1. The van der Waals surface area contributed by atoms with Gasteiger partial charge in [0, 0.05) is 31.3 Å². The molecule has 2 saturated carbocycles. The molecule has 2 unspecified atom stereocenters. The number of piperidine rings is 1. The Hall–Kier alpha value is -3.14. The highest BCUT2D eigenvalue weighted by molar-refractivity contribution is 5.80. The van der Waals surface area contributed by atoms with Crippen LogP contribution in [0.2, 0.25) is 0 Å². The van der Waals surface area contributed by atoms with E-state index in [0.717, 1.165) is 69.6 Å². The zero-order chi connectivity index (χ0) is 26.4. The van der Waals surface area contributed by atoms with Crippen molar-refractivity contribution >= 4 is 22.8 Å². The number of ether oxygens (including phenoxy) is 1. The Morgan fingerprint density at radius 2 is 1.79 bits per heavy atom. The van der Waals surface area contributed by atoms with E-state index >= 15 is 0 Å². The van der Waals surface area contributed by atoms with Gasteiger partial charge in [0.15, 0.2) is 0 Å². The van der Waals surface area contributed by atoms with Crippen LogP contribution in [0, 0.1) is 17.8 Å². The molecule has 3 fully saturated rings. The van der Waals surface area contributed by atoms with Gasteiger partial charge in [-0.3, -0.25) is 4.79 Å².